The molecule has 1 aliphatic heterocycles. The van der Waals surface area contributed by atoms with Crippen LogP contribution in [0.4, 0.5) is 0 Å². The van der Waals surface area contributed by atoms with E-state index >= 15 is 0 Å². The summed E-state index contributed by atoms with van der Waals surface area (Å²) in [5, 5.41) is 0. The van der Waals surface area contributed by atoms with Crippen molar-refractivity contribution >= 4 is 24.2 Å². The summed E-state index contributed by atoms with van der Waals surface area (Å²) in [4.78, 5) is 28.4. The standard InChI is InChI=1S/C21H33N3O2.ClH/c22-14-7-2-1-6-12-20(25)23-15-17-24(18-16-23)21(26)13-8-11-19-9-4-3-5-10-19;/h3-5,9-10H,1-2,6-8,11-18,22H2;1H. The predicted octanol–water partition coefficient (Wildman–Crippen LogP) is 3.01. The van der Waals surface area contributed by atoms with E-state index in [1.807, 2.05) is 28.0 Å². The molecule has 6 heteroatoms. The van der Waals surface area contributed by atoms with Crippen molar-refractivity contribution in [1.29, 1.82) is 0 Å². The Hall–Kier alpha value is -1.59. The molecule has 1 heterocycles. The van der Waals surface area contributed by atoms with Gasteiger partial charge < -0.3 is 15.5 Å². The first-order chi connectivity index (χ1) is 12.7. The van der Waals surface area contributed by atoms with Gasteiger partial charge in [0.15, 0.2) is 0 Å². The molecule has 2 amide bonds. The molecule has 1 aromatic rings. The van der Waals surface area contributed by atoms with Crippen LogP contribution < -0.4 is 5.73 Å². The Morgan fingerprint density at radius 2 is 1.30 bits per heavy atom. The van der Waals surface area contributed by atoms with Crippen LogP contribution >= 0.6 is 12.4 Å². The number of rotatable bonds is 10. The van der Waals surface area contributed by atoms with E-state index in [1.165, 1.54) is 5.56 Å². The molecule has 152 valence electrons. The van der Waals surface area contributed by atoms with Crippen LogP contribution in [0.3, 0.4) is 0 Å². The zero-order chi connectivity index (χ0) is 18.6. The lowest BCUT2D eigenvalue weighted by atomic mass is 10.1. The van der Waals surface area contributed by atoms with Crippen LogP contribution in [-0.2, 0) is 16.0 Å². The molecule has 0 spiro atoms. The maximum absolute atomic E-state index is 12.3. The molecule has 1 fully saturated rings. The maximum atomic E-state index is 12.3. The summed E-state index contributed by atoms with van der Waals surface area (Å²) >= 11 is 0. The molecule has 0 aromatic heterocycles. The Morgan fingerprint density at radius 3 is 1.85 bits per heavy atom. The molecule has 2 N–H and O–H groups in total. The summed E-state index contributed by atoms with van der Waals surface area (Å²) in [6.45, 7) is 3.42. The Morgan fingerprint density at radius 1 is 0.778 bits per heavy atom. The third-order valence-corrected chi connectivity index (χ3v) is 5.03. The summed E-state index contributed by atoms with van der Waals surface area (Å²) < 4.78 is 0. The molecule has 2 rings (SSSR count). The first-order valence-corrected chi connectivity index (χ1v) is 10.00. The second kappa shape index (κ2) is 13.6. The molecule has 5 nitrogen and oxygen atoms in total. The number of amides is 2. The highest BCUT2D eigenvalue weighted by Gasteiger charge is 2.23. The van der Waals surface area contributed by atoms with Gasteiger partial charge in [0.25, 0.3) is 0 Å². The van der Waals surface area contributed by atoms with Crippen LogP contribution in [0.5, 0.6) is 0 Å². The highest BCUT2D eigenvalue weighted by Crippen LogP contribution is 2.11. The van der Waals surface area contributed by atoms with Gasteiger partial charge >= 0.3 is 0 Å². The monoisotopic (exact) mass is 395 g/mol. The molecule has 0 atom stereocenters. The van der Waals surface area contributed by atoms with E-state index in [1.54, 1.807) is 0 Å². The number of aryl methyl sites for hydroxylation is 1. The SMILES string of the molecule is Cl.NCCCCCCC(=O)N1CCN(C(=O)CCCc2ccccc2)CC1. The van der Waals surface area contributed by atoms with Crippen molar-refractivity contribution in [1.82, 2.24) is 9.80 Å². The second-order valence-electron chi connectivity index (χ2n) is 7.05. The zero-order valence-corrected chi connectivity index (χ0v) is 17.1. The Bertz CT molecular complexity index is 546. The number of piperazine rings is 1. The summed E-state index contributed by atoms with van der Waals surface area (Å²) in [5.41, 5.74) is 6.76. The van der Waals surface area contributed by atoms with Crippen LogP contribution in [0, 0.1) is 0 Å². The molecule has 1 saturated heterocycles. The van der Waals surface area contributed by atoms with Gasteiger partial charge in [-0.15, -0.1) is 12.4 Å². The minimum atomic E-state index is 0. The van der Waals surface area contributed by atoms with Crippen molar-refractivity contribution < 1.29 is 9.59 Å². The van der Waals surface area contributed by atoms with Crippen molar-refractivity contribution in [2.24, 2.45) is 5.73 Å². The van der Waals surface area contributed by atoms with E-state index in [0.717, 1.165) is 45.1 Å². The number of hydrogen-bond acceptors (Lipinski definition) is 3. The van der Waals surface area contributed by atoms with E-state index in [0.29, 0.717) is 39.0 Å². The summed E-state index contributed by atoms with van der Waals surface area (Å²) in [7, 11) is 0. The molecular weight excluding hydrogens is 362 g/mol. The second-order valence-corrected chi connectivity index (χ2v) is 7.05. The topological polar surface area (TPSA) is 66.6 Å². The lowest BCUT2D eigenvalue weighted by molar-refractivity contribution is -0.139. The van der Waals surface area contributed by atoms with Crippen LogP contribution in [0.15, 0.2) is 30.3 Å². The molecule has 0 aliphatic carbocycles. The average Bonchev–Trinajstić information content (AvgIpc) is 2.68. The first kappa shape index (κ1) is 23.4. The van der Waals surface area contributed by atoms with Crippen molar-refractivity contribution in [2.75, 3.05) is 32.7 Å². The number of carbonyl (C=O) groups excluding carboxylic acids is 2. The molecule has 0 saturated carbocycles. The first-order valence-electron chi connectivity index (χ1n) is 10.00. The van der Waals surface area contributed by atoms with Crippen molar-refractivity contribution in [3.8, 4) is 0 Å². The van der Waals surface area contributed by atoms with E-state index in [2.05, 4.69) is 12.1 Å². The highest BCUT2D eigenvalue weighted by atomic mass is 35.5. The van der Waals surface area contributed by atoms with E-state index < -0.39 is 0 Å². The van der Waals surface area contributed by atoms with Crippen LogP contribution in [-0.4, -0.2) is 54.3 Å². The molecule has 0 bridgehead atoms. The Labute approximate surface area is 169 Å². The fourth-order valence-electron chi connectivity index (χ4n) is 3.38. The Balaban J connectivity index is 0.00000364. The lowest BCUT2D eigenvalue weighted by Crippen LogP contribution is -2.50. The molecule has 0 radical (unpaired) electrons. The van der Waals surface area contributed by atoms with E-state index in [9.17, 15) is 9.59 Å². The number of halogens is 1. The van der Waals surface area contributed by atoms with Gasteiger partial charge in [-0.2, -0.15) is 0 Å². The number of nitrogens with two attached hydrogens (primary N) is 1. The minimum absolute atomic E-state index is 0. The van der Waals surface area contributed by atoms with Crippen LogP contribution in [0.1, 0.15) is 50.5 Å². The van der Waals surface area contributed by atoms with Gasteiger partial charge in [-0.05, 0) is 37.8 Å². The number of benzene rings is 1. The van der Waals surface area contributed by atoms with Gasteiger partial charge in [0, 0.05) is 39.0 Å². The van der Waals surface area contributed by atoms with Gasteiger partial charge in [0.2, 0.25) is 11.8 Å². The van der Waals surface area contributed by atoms with Gasteiger partial charge in [0.05, 0.1) is 0 Å². The maximum Gasteiger partial charge on any atom is 0.222 e. The summed E-state index contributed by atoms with van der Waals surface area (Å²) in [6, 6.07) is 10.3. The Kier molecular flexibility index (Phi) is 11.8. The number of hydrogen-bond donors (Lipinski definition) is 1. The largest absolute Gasteiger partial charge is 0.339 e. The third kappa shape index (κ3) is 8.76. The molecule has 27 heavy (non-hydrogen) atoms. The quantitative estimate of drug-likeness (QED) is 0.619. The third-order valence-electron chi connectivity index (χ3n) is 5.03. The molecule has 0 unspecified atom stereocenters. The summed E-state index contributed by atoms with van der Waals surface area (Å²) in [5.74, 6) is 0.448. The minimum Gasteiger partial charge on any atom is -0.339 e. The van der Waals surface area contributed by atoms with Gasteiger partial charge in [-0.25, -0.2) is 0 Å². The predicted molar refractivity (Wildman–Crippen MR) is 112 cm³/mol. The normalized spacial score (nSPS) is 14.0. The lowest BCUT2D eigenvalue weighted by Gasteiger charge is -2.35. The van der Waals surface area contributed by atoms with Crippen LogP contribution in [0.2, 0.25) is 0 Å². The smallest absolute Gasteiger partial charge is 0.222 e. The summed E-state index contributed by atoms with van der Waals surface area (Å²) in [6.07, 6.45) is 7.19. The molecule has 1 aliphatic rings. The fraction of sp³-hybridized carbons (Fsp3) is 0.619. The van der Waals surface area contributed by atoms with E-state index in [-0.39, 0.29) is 24.2 Å². The molecule has 1 aromatic carbocycles. The fourth-order valence-corrected chi connectivity index (χ4v) is 3.38. The van der Waals surface area contributed by atoms with Crippen molar-refractivity contribution in [2.45, 2.75) is 51.4 Å². The molecular formula is C21H34ClN3O2. The van der Waals surface area contributed by atoms with Crippen molar-refractivity contribution in [3.63, 3.8) is 0 Å². The van der Waals surface area contributed by atoms with E-state index in [4.69, 9.17) is 5.73 Å². The number of carbonyl (C=O) groups is 2. The van der Waals surface area contributed by atoms with Crippen LogP contribution in [0.25, 0.3) is 0 Å². The number of nitrogens with zero attached hydrogens (tertiary/aromatic N) is 2. The van der Waals surface area contributed by atoms with Gasteiger partial charge in [-0.3, -0.25) is 9.59 Å². The zero-order valence-electron chi connectivity index (χ0n) is 16.3. The van der Waals surface area contributed by atoms with Gasteiger partial charge in [0.1, 0.15) is 0 Å². The van der Waals surface area contributed by atoms with Crippen molar-refractivity contribution in [3.05, 3.63) is 35.9 Å². The number of unbranched alkanes of at least 4 members (excludes halogenated alkanes) is 3. The highest BCUT2D eigenvalue weighted by molar-refractivity contribution is 5.85. The van der Waals surface area contributed by atoms with Gasteiger partial charge in [-0.1, -0.05) is 43.2 Å². The average molecular weight is 396 g/mol.